The second kappa shape index (κ2) is 6.87. The first-order valence-corrected chi connectivity index (χ1v) is 7.71. The molecule has 120 valence electrons. The third-order valence-corrected chi connectivity index (χ3v) is 3.63. The smallest absolute Gasteiger partial charge is 0.256 e. The number of pyridine rings is 1. The Kier molecular flexibility index (Phi) is 4.47. The molecule has 0 aliphatic carbocycles. The molecule has 0 radical (unpaired) electrons. The van der Waals surface area contributed by atoms with Crippen molar-refractivity contribution in [2.75, 3.05) is 5.32 Å². The van der Waals surface area contributed by atoms with E-state index in [0.717, 1.165) is 25.0 Å². The Balaban J connectivity index is 2.00. The van der Waals surface area contributed by atoms with Crippen LogP contribution in [0.4, 0.5) is 5.82 Å². The third-order valence-electron chi connectivity index (χ3n) is 3.63. The van der Waals surface area contributed by atoms with Gasteiger partial charge in [-0.2, -0.15) is 5.26 Å². The lowest BCUT2D eigenvalue weighted by atomic mass is 10.2. The number of anilines is 1. The van der Waals surface area contributed by atoms with Crippen LogP contribution in [0.5, 0.6) is 0 Å². The van der Waals surface area contributed by atoms with Crippen LogP contribution in [0.1, 0.15) is 41.5 Å². The molecule has 0 saturated carbocycles. The summed E-state index contributed by atoms with van der Waals surface area (Å²) in [6.45, 7) is 2.10. The van der Waals surface area contributed by atoms with Gasteiger partial charge in [0.25, 0.3) is 5.91 Å². The summed E-state index contributed by atoms with van der Waals surface area (Å²) in [5.74, 6) is 0.292. The lowest BCUT2D eigenvalue weighted by Crippen LogP contribution is -2.15. The van der Waals surface area contributed by atoms with E-state index in [1.54, 1.807) is 28.9 Å². The molecule has 0 spiro atoms. The number of aryl methyl sites for hydroxylation is 1. The predicted molar refractivity (Wildman–Crippen MR) is 88.5 cm³/mol. The normalized spacial score (nSPS) is 10.5. The van der Waals surface area contributed by atoms with Gasteiger partial charge in [0.2, 0.25) is 0 Å². The highest BCUT2D eigenvalue weighted by Gasteiger charge is 2.14. The summed E-state index contributed by atoms with van der Waals surface area (Å²) < 4.78 is 1.62. The molecule has 3 rings (SSSR count). The van der Waals surface area contributed by atoms with Gasteiger partial charge in [0.1, 0.15) is 18.2 Å². The number of hydrogen-bond acceptors (Lipinski definition) is 5. The van der Waals surface area contributed by atoms with E-state index in [9.17, 15) is 10.1 Å². The molecule has 0 atom stereocenters. The number of nitrogens with one attached hydrogen (secondary N) is 1. The van der Waals surface area contributed by atoms with Gasteiger partial charge in [-0.25, -0.2) is 9.97 Å². The zero-order chi connectivity index (χ0) is 16.9. The largest absolute Gasteiger partial charge is 0.308 e. The Hall–Kier alpha value is -3.27. The summed E-state index contributed by atoms with van der Waals surface area (Å²) in [4.78, 5) is 24.9. The molecule has 24 heavy (non-hydrogen) atoms. The van der Waals surface area contributed by atoms with E-state index in [0.29, 0.717) is 17.0 Å². The molecule has 0 aliphatic heterocycles. The van der Waals surface area contributed by atoms with Crippen LogP contribution in [0.3, 0.4) is 0 Å². The van der Waals surface area contributed by atoms with Crippen LogP contribution in [0.25, 0.3) is 5.65 Å². The van der Waals surface area contributed by atoms with E-state index >= 15 is 0 Å². The molecule has 0 saturated heterocycles. The van der Waals surface area contributed by atoms with Crippen molar-refractivity contribution in [1.82, 2.24) is 19.4 Å². The van der Waals surface area contributed by atoms with Crippen molar-refractivity contribution >= 4 is 17.4 Å². The fraction of sp³-hybridized carbons (Fsp3) is 0.235. The zero-order valence-electron chi connectivity index (χ0n) is 13.2. The quantitative estimate of drug-likeness (QED) is 0.779. The Labute approximate surface area is 139 Å². The van der Waals surface area contributed by atoms with E-state index in [1.165, 1.54) is 6.33 Å². The summed E-state index contributed by atoms with van der Waals surface area (Å²) in [5, 5.41) is 12.0. The molecule has 7 nitrogen and oxygen atoms in total. The average Bonchev–Trinajstić information content (AvgIpc) is 3.04. The van der Waals surface area contributed by atoms with Gasteiger partial charge in [0.05, 0.1) is 0 Å². The van der Waals surface area contributed by atoms with Crippen LogP contribution in [0, 0.1) is 11.3 Å². The summed E-state index contributed by atoms with van der Waals surface area (Å²) in [6, 6.07) is 7.13. The van der Waals surface area contributed by atoms with Crippen molar-refractivity contribution in [3.8, 4) is 6.07 Å². The molecule has 3 aromatic heterocycles. The zero-order valence-corrected chi connectivity index (χ0v) is 13.2. The Bertz CT molecular complexity index is 910. The van der Waals surface area contributed by atoms with Crippen molar-refractivity contribution in [1.29, 1.82) is 5.26 Å². The molecule has 3 aromatic rings. The predicted octanol–water partition coefficient (Wildman–Crippen LogP) is 2.59. The maximum absolute atomic E-state index is 12.4. The van der Waals surface area contributed by atoms with Crippen molar-refractivity contribution in [2.24, 2.45) is 0 Å². The first-order valence-electron chi connectivity index (χ1n) is 7.71. The highest BCUT2D eigenvalue weighted by molar-refractivity contribution is 6.03. The van der Waals surface area contributed by atoms with Gasteiger partial charge in [-0.1, -0.05) is 13.3 Å². The number of imidazole rings is 1. The molecule has 0 bridgehead atoms. The minimum absolute atomic E-state index is 0.243. The molecule has 3 heterocycles. The van der Waals surface area contributed by atoms with Crippen molar-refractivity contribution < 1.29 is 4.79 Å². The van der Waals surface area contributed by atoms with Crippen molar-refractivity contribution in [3.05, 3.63) is 53.9 Å². The summed E-state index contributed by atoms with van der Waals surface area (Å²) >= 11 is 0. The molecule has 0 fully saturated rings. The SMILES string of the molecule is CCCCc1cc(NC(=O)c2ccncc2)n2cnc(C#N)c2n1. The molecule has 7 heteroatoms. The minimum Gasteiger partial charge on any atom is -0.308 e. The van der Waals surface area contributed by atoms with Crippen LogP contribution in [0.15, 0.2) is 36.9 Å². The second-order valence-corrected chi connectivity index (χ2v) is 5.32. The van der Waals surface area contributed by atoms with Crippen molar-refractivity contribution in [3.63, 3.8) is 0 Å². The average molecular weight is 320 g/mol. The Morgan fingerprint density at radius 3 is 2.88 bits per heavy atom. The number of hydrogen-bond donors (Lipinski definition) is 1. The Morgan fingerprint density at radius 2 is 2.17 bits per heavy atom. The van der Waals surface area contributed by atoms with Gasteiger partial charge in [-0.15, -0.1) is 0 Å². The number of rotatable bonds is 5. The van der Waals surface area contributed by atoms with E-state index in [-0.39, 0.29) is 11.6 Å². The molecular formula is C17H16N6O. The standard InChI is InChI=1S/C17H16N6O/c1-2-3-4-13-9-15(22-17(24)12-5-7-19-8-6-12)23-11-20-14(10-18)16(23)21-13/h5-9,11H,2-4H2,1H3,(H,22,24). The second-order valence-electron chi connectivity index (χ2n) is 5.32. The minimum atomic E-state index is -0.251. The summed E-state index contributed by atoms with van der Waals surface area (Å²) in [5.41, 5.74) is 2.03. The van der Waals surface area contributed by atoms with Gasteiger partial charge >= 0.3 is 0 Å². The number of unbranched alkanes of at least 4 members (excludes halogenated alkanes) is 1. The van der Waals surface area contributed by atoms with Crippen LogP contribution in [0.2, 0.25) is 0 Å². The van der Waals surface area contributed by atoms with Crippen molar-refractivity contribution in [2.45, 2.75) is 26.2 Å². The van der Waals surface area contributed by atoms with Gasteiger partial charge in [0.15, 0.2) is 11.3 Å². The van der Waals surface area contributed by atoms with Gasteiger partial charge in [0, 0.05) is 29.7 Å². The molecule has 0 aliphatic rings. The number of amides is 1. The topological polar surface area (TPSA) is 96.0 Å². The number of fused-ring (bicyclic) bond motifs is 1. The van der Waals surface area contributed by atoms with E-state index in [2.05, 4.69) is 27.2 Å². The molecular weight excluding hydrogens is 304 g/mol. The molecule has 1 amide bonds. The fourth-order valence-electron chi connectivity index (χ4n) is 2.37. The van der Waals surface area contributed by atoms with E-state index in [1.807, 2.05) is 12.1 Å². The highest BCUT2D eigenvalue weighted by Crippen LogP contribution is 2.18. The first-order chi connectivity index (χ1) is 11.7. The molecule has 0 unspecified atom stereocenters. The maximum atomic E-state index is 12.4. The van der Waals surface area contributed by atoms with Gasteiger partial charge in [-0.3, -0.25) is 14.2 Å². The first kappa shape index (κ1) is 15.6. The summed E-state index contributed by atoms with van der Waals surface area (Å²) in [6.07, 6.45) is 7.42. The molecule has 1 N–H and O–H groups in total. The number of nitriles is 1. The molecule has 0 aromatic carbocycles. The number of aromatic nitrogens is 4. The van der Waals surface area contributed by atoms with Crippen LogP contribution < -0.4 is 5.32 Å². The van der Waals surface area contributed by atoms with E-state index < -0.39 is 0 Å². The number of carbonyl (C=O) groups is 1. The van der Waals surface area contributed by atoms with Crippen LogP contribution >= 0.6 is 0 Å². The third kappa shape index (κ3) is 3.08. The lowest BCUT2D eigenvalue weighted by Gasteiger charge is -2.10. The van der Waals surface area contributed by atoms with E-state index in [4.69, 9.17) is 0 Å². The van der Waals surface area contributed by atoms with Crippen LogP contribution in [-0.4, -0.2) is 25.3 Å². The van der Waals surface area contributed by atoms with Crippen LogP contribution in [-0.2, 0) is 6.42 Å². The number of carbonyl (C=O) groups excluding carboxylic acids is 1. The fourth-order valence-corrected chi connectivity index (χ4v) is 2.37. The lowest BCUT2D eigenvalue weighted by molar-refractivity contribution is 0.102. The van der Waals surface area contributed by atoms with Gasteiger partial charge in [-0.05, 0) is 25.0 Å². The number of nitrogens with zero attached hydrogens (tertiary/aromatic N) is 5. The summed E-state index contributed by atoms with van der Waals surface area (Å²) in [7, 11) is 0. The maximum Gasteiger partial charge on any atom is 0.256 e. The van der Waals surface area contributed by atoms with Gasteiger partial charge < -0.3 is 5.32 Å². The highest BCUT2D eigenvalue weighted by atomic mass is 16.1. The monoisotopic (exact) mass is 320 g/mol. The Morgan fingerprint density at radius 1 is 1.38 bits per heavy atom.